The number of anilines is 1. The monoisotopic (exact) mass is 268 g/mol. The van der Waals surface area contributed by atoms with Gasteiger partial charge < -0.3 is 11.1 Å². The molecule has 0 saturated carbocycles. The van der Waals surface area contributed by atoms with Crippen LogP contribution in [0.15, 0.2) is 12.1 Å². The van der Waals surface area contributed by atoms with E-state index in [9.17, 15) is 18.0 Å². The molecule has 0 fully saturated rings. The molecular weight excluding hydrogens is 257 g/mol. The van der Waals surface area contributed by atoms with Crippen molar-refractivity contribution in [1.29, 1.82) is 0 Å². The summed E-state index contributed by atoms with van der Waals surface area (Å²) in [5.41, 5.74) is 4.96. The van der Waals surface area contributed by atoms with Crippen molar-refractivity contribution in [2.45, 2.75) is 19.4 Å². The summed E-state index contributed by atoms with van der Waals surface area (Å²) in [6, 6.07) is 0.125. The van der Waals surface area contributed by atoms with Crippen LogP contribution in [0.5, 0.6) is 0 Å². The fourth-order valence-electron chi connectivity index (χ4n) is 1.03. The highest BCUT2D eigenvalue weighted by molar-refractivity contribution is 5.94. The number of rotatable bonds is 3. The lowest BCUT2D eigenvalue weighted by Crippen LogP contribution is -2.35. The van der Waals surface area contributed by atoms with Crippen molar-refractivity contribution in [3.63, 3.8) is 0 Å². The first kappa shape index (κ1) is 15.7. The van der Waals surface area contributed by atoms with Gasteiger partial charge in [0.2, 0.25) is 5.91 Å². The Morgan fingerprint density at radius 2 is 1.82 bits per heavy atom. The van der Waals surface area contributed by atoms with Crippen LogP contribution in [-0.4, -0.2) is 11.9 Å². The molecule has 1 atom stereocenters. The highest BCUT2D eigenvalue weighted by atomic mass is 35.5. The number of hydrogen-bond donors (Lipinski definition) is 2. The molecular formula is C10H12ClF3N2O. The van der Waals surface area contributed by atoms with Crippen LogP contribution in [0.25, 0.3) is 0 Å². The van der Waals surface area contributed by atoms with Gasteiger partial charge in [-0.3, -0.25) is 4.79 Å². The molecule has 0 saturated heterocycles. The zero-order chi connectivity index (χ0) is 12.3. The van der Waals surface area contributed by atoms with E-state index in [0.717, 1.165) is 0 Å². The molecule has 0 radical (unpaired) electrons. The Morgan fingerprint density at radius 1 is 1.29 bits per heavy atom. The lowest BCUT2D eigenvalue weighted by molar-refractivity contribution is -0.117. The van der Waals surface area contributed by atoms with Crippen molar-refractivity contribution >= 4 is 24.0 Å². The van der Waals surface area contributed by atoms with Crippen LogP contribution in [0.1, 0.15) is 13.3 Å². The Hall–Kier alpha value is -1.27. The second-order valence-corrected chi connectivity index (χ2v) is 3.25. The van der Waals surface area contributed by atoms with Gasteiger partial charge in [-0.25, -0.2) is 13.2 Å². The molecule has 1 amide bonds. The lowest BCUT2D eigenvalue weighted by Gasteiger charge is -2.10. The number of nitrogens with one attached hydrogen (secondary N) is 1. The van der Waals surface area contributed by atoms with E-state index in [1.807, 2.05) is 0 Å². The molecule has 3 nitrogen and oxygen atoms in total. The summed E-state index contributed by atoms with van der Waals surface area (Å²) < 4.78 is 38.4. The van der Waals surface area contributed by atoms with Crippen LogP contribution in [0.3, 0.4) is 0 Å². The van der Waals surface area contributed by atoms with E-state index >= 15 is 0 Å². The molecule has 0 bridgehead atoms. The second kappa shape index (κ2) is 6.46. The van der Waals surface area contributed by atoms with Crippen LogP contribution in [-0.2, 0) is 4.79 Å². The molecule has 0 aliphatic rings. The summed E-state index contributed by atoms with van der Waals surface area (Å²) in [4.78, 5) is 11.3. The average molecular weight is 269 g/mol. The predicted molar refractivity (Wildman–Crippen MR) is 60.5 cm³/mol. The van der Waals surface area contributed by atoms with Gasteiger partial charge in [-0.2, -0.15) is 0 Å². The van der Waals surface area contributed by atoms with Gasteiger partial charge in [-0.05, 0) is 6.42 Å². The molecule has 1 rings (SSSR count). The van der Waals surface area contributed by atoms with E-state index in [1.165, 1.54) is 0 Å². The minimum absolute atomic E-state index is 0. The molecule has 0 aliphatic carbocycles. The molecule has 0 heterocycles. The fraction of sp³-hybridized carbons (Fsp3) is 0.300. The lowest BCUT2D eigenvalue weighted by atomic mass is 10.2. The molecule has 96 valence electrons. The number of amides is 1. The SMILES string of the molecule is CC[C@H](N)C(=O)Nc1cc(F)c(F)cc1F.Cl. The first-order valence-corrected chi connectivity index (χ1v) is 4.66. The maximum Gasteiger partial charge on any atom is 0.241 e. The van der Waals surface area contributed by atoms with Gasteiger partial charge in [-0.15, -0.1) is 12.4 Å². The van der Waals surface area contributed by atoms with Crippen LogP contribution < -0.4 is 11.1 Å². The van der Waals surface area contributed by atoms with Crippen LogP contribution in [0.2, 0.25) is 0 Å². The summed E-state index contributed by atoms with van der Waals surface area (Å²) in [5, 5.41) is 2.08. The Balaban J connectivity index is 0.00000256. The van der Waals surface area contributed by atoms with Gasteiger partial charge in [0.05, 0.1) is 11.7 Å². The molecule has 1 aromatic rings. The highest BCUT2D eigenvalue weighted by Crippen LogP contribution is 2.18. The first-order chi connectivity index (χ1) is 7.45. The third-order valence-electron chi connectivity index (χ3n) is 2.04. The minimum Gasteiger partial charge on any atom is -0.322 e. The Kier molecular flexibility index (Phi) is 5.98. The summed E-state index contributed by atoms with van der Waals surface area (Å²) in [6.45, 7) is 1.67. The molecule has 0 spiro atoms. The maximum atomic E-state index is 13.1. The Bertz CT molecular complexity index is 415. The molecule has 0 unspecified atom stereocenters. The van der Waals surface area contributed by atoms with Crippen LogP contribution >= 0.6 is 12.4 Å². The molecule has 7 heteroatoms. The van der Waals surface area contributed by atoms with E-state index in [2.05, 4.69) is 5.32 Å². The van der Waals surface area contributed by atoms with E-state index < -0.39 is 35.1 Å². The summed E-state index contributed by atoms with van der Waals surface area (Å²) in [6.07, 6.45) is 0.358. The number of hydrogen-bond acceptors (Lipinski definition) is 2. The number of halogens is 4. The van der Waals surface area contributed by atoms with Crippen molar-refractivity contribution in [3.8, 4) is 0 Å². The Morgan fingerprint density at radius 3 is 2.35 bits per heavy atom. The molecule has 17 heavy (non-hydrogen) atoms. The standard InChI is InChI=1S/C10H11F3N2O.ClH/c1-2-8(14)10(16)15-9-4-6(12)5(11)3-7(9)13;/h3-4,8H,2,14H2,1H3,(H,15,16);1H/t8-;/m0./s1. The predicted octanol–water partition coefficient (Wildman–Crippen LogP) is 2.20. The first-order valence-electron chi connectivity index (χ1n) is 4.66. The smallest absolute Gasteiger partial charge is 0.241 e. The van der Waals surface area contributed by atoms with Crippen molar-refractivity contribution in [2.75, 3.05) is 5.32 Å². The molecule has 0 aliphatic heterocycles. The number of carbonyl (C=O) groups is 1. The van der Waals surface area contributed by atoms with Crippen LogP contribution in [0, 0.1) is 17.5 Å². The van der Waals surface area contributed by atoms with E-state index in [0.29, 0.717) is 18.6 Å². The largest absolute Gasteiger partial charge is 0.322 e. The van der Waals surface area contributed by atoms with Crippen molar-refractivity contribution in [3.05, 3.63) is 29.6 Å². The van der Waals surface area contributed by atoms with Gasteiger partial charge in [0.1, 0.15) is 5.82 Å². The number of carbonyl (C=O) groups excluding carboxylic acids is 1. The highest BCUT2D eigenvalue weighted by Gasteiger charge is 2.15. The quantitative estimate of drug-likeness (QED) is 0.826. The van der Waals surface area contributed by atoms with Crippen LogP contribution in [0.4, 0.5) is 18.9 Å². The fourth-order valence-corrected chi connectivity index (χ4v) is 1.03. The third kappa shape index (κ3) is 3.90. The van der Waals surface area contributed by atoms with Crippen molar-refractivity contribution in [1.82, 2.24) is 0 Å². The normalized spacial score (nSPS) is 11.6. The van der Waals surface area contributed by atoms with Gasteiger partial charge in [0.25, 0.3) is 0 Å². The molecule has 0 aromatic heterocycles. The zero-order valence-corrected chi connectivity index (χ0v) is 9.78. The summed E-state index contributed by atoms with van der Waals surface area (Å²) >= 11 is 0. The maximum absolute atomic E-state index is 13.1. The van der Waals surface area contributed by atoms with Crippen molar-refractivity contribution < 1.29 is 18.0 Å². The van der Waals surface area contributed by atoms with Gasteiger partial charge in [-0.1, -0.05) is 6.92 Å². The van der Waals surface area contributed by atoms with Crippen molar-refractivity contribution in [2.24, 2.45) is 5.73 Å². The summed E-state index contributed by atoms with van der Waals surface area (Å²) in [7, 11) is 0. The number of benzene rings is 1. The van der Waals surface area contributed by atoms with Gasteiger partial charge >= 0.3 is 0 Å². The van der Waals surface area contributed by atoms with E-state index in [-0.39, 0.29) is 12.4 Å². The minimum atomic E-state index is -1.31. The van der Waals surface area contributed by atoms with E-state index in [4.69, 9.17) is 5.73 Å². The molecule has 1 aromatic carbocycles. The zero-order valence-electron chi connectivity index (χ0n) is 8.97. The average Bonchev–Trinajstić information content (AvgIpc) is 2.24. The summed E-state index contributed by atoms with van der Waals surface area (Å²) in [5.74, 6) is -4.24. The van der Waals surface area contributed by atoms with Gasteiger partial charge in [0.15, 0.2) is 11.6 Å². The topological polar surface area (TPSA) is 55.1 Å². The van der Waals surface area contributed by atoms with E-state index in [1.54, 1.807) is 6.92 Å². The Labute approximate surface area is 103 Å². The third-order valence-corrected chi connectivity index (χ3v) is 2.04. The number of nitrogens with two attached hydrogens (primary N) is 1. The van der Waals surface area contributed by atoms with Gasteiger partial charge in [0, 0.05) is 12.1 Å². The second-order valence-electron chi connectivity index (χ2n) is 3.25. The molecule has 3 N–H and O–H groups in total.